The summed E-state index contributed by atoms with van der Waals surface area (Å²) in [7, 11) is 0. The maximum Gasteiger partial charge on any atom is 0.130 e. The van der Waals surface area contributed by atoms with Crippen molar-refractivity contribution in [3.05, 3.63) is 34.1 Å². The molecule has 3 atom stereocenters. The molecule has 0 spiro atoms. The second-order valence-electron chi connectivity index (χ2n) is 4.62. The third-order valence-electron chi connectivity index (χ3n) is 3.02. The van der Waals surface area contributed by atoms with Crippen LogP contribution in [0.3, 0.4) is 0 Å². The Balaban J connectivity index is 3.06. The highest BCUT2D eigenvalue weighted by Gasteiger charge is 2.32. The molecule has 0 aliphatic rings. The van der Waals surface area contributed by atoms with Crippen LogP contribution in [0.1, 0.15) is 26.3 Å². The highest BCUT2D eigenvalue weighted by molar-refractivity contribution is 9.10. The van der Waals surface area contributed by atoms with E-state index in [9.17, 15) is 9.50 Å². The van der Waals surface area contributed by atoms with Gasteiger partial charge in [-0.15, -0.1) is 0 Å². The Bertz CT molecular complexity index is 414. The molecule has 0 amide bonds. The molecule has 3 unspecified atom stereocenters. The van der Waals surface area contributed by atoms with Crippen molar-refractivity contribution in [1.82, 2.24) is 0 Å². The van der Waals surface area contributed by atoms with E-state index >= 15 is 0 Å². The third kappa shape index (κ3) is 3.51. The van der Waals surface area contributed by atoms with Crippen molar-refractivity contribution < 1.29 is 14.2 Å². The van der Waals surface area contributed by atoms with E-state index < -0.39 is 17.8 Å². The Morgan fingerprint density at radius 2 is 2.11 bits per heavy atom. The third-order valence-corrected chi connectivity index (χ3v) is 3.51. The summed E-state index contributed by atoms with van der Waals surface area (Å²) in [6, 6.07) is 4.75. The molecule has 0 bridgehead atoms. The van der Waals surface area contributed by atoms with Gasteiger partial charge in [0.2, 0.25) is 0 Å². The number of aliphatic hydroxyl groups is 1. The monoisotopic (exact) mass is 319 g/mol. The summed E-state index contributed by atoms with van der Waals surface area (Å²) >= 11 is 3.21. The summed E-state index contributed by atoms with van der Waals surface area (Å²) in [4.78, 5) is 0. The van der Waals surface area contributed by atoms with Crippen LogP contribution in [-0.4, -0.2) is 23.9 Å². The van der Waals surface area contributed by atoms with Crippen molar-refractivity contribution in [3.63, 3.8) is 0 Å². The molecule has 3 nitrogen and oxygen atoms in total. The number of nitrogens with two attached hydrogens (primary N) is 1. The summed E-state index contributed by atoms with van der Waals surface area (Å²) < 4.78 is 20.3. The number of hydrogen-bond acceptors (Lipinski definition) is 3. The summed E-state index contributed by atoms with van der Waals surface area (Å²) in [6.45, 7) is 5.20. The number of rotatable bonds is 5. The molecule has 5 heteroatoms. The maximum absolute atomic E-state index is 14.0. The normalized spacial score (nSPS) is 18.2. The Hall–Kier alpha value is -0.490. The number of aliphatic hydroxyl groups excluding tert-OH is 1. The molecule has 102 valence electrons. The number of ether oxygens (including phenoxy) is 1. The van der Waals surface area contributed by atoms with Gasteiger partial charge in [0.1, 0.15) is 11.4 Å². The van der Waals surface area contributed by atoms with Crippen LogP contribution in [-0.2, 0) is 10.3 Å². The van der Waals surface area contributed by atoms with Crippen LogP contribution in [0, 0.1) is 5.82 Å². The first kappa shape index (κ1) is 15.6. The van der Waals surface area contributed by atoms with Crippen molar-refractivity contribution in [1.29, 1.82) is 0 Å². The van der Waals surface area contributed by atoms with E-state index in [0.29, 0.717) is 10.0 Å². The molecule has 0 saturated carbocycles. The first-order valence-corrected chi connectivity index (χ1v) is 6.61. The second kappa shape index (κ2) is 6.10. The lowest BCUT2D eigenvalue weighted by molar-refractivity contribution is -0.116. The number of hydrogen-bond donors (Lipinski definition) is 2. The van der Waals surface area contributed by atoms with Gasteiger partial charge in [-0.3, -0.25) is 0 Å². The molecule has 0 aliphatic heterocycles. The zero-order valence-corrected chi connectivity index (χ0v) is 12.4. The molecule has 0 aromatic heterocycles. The van der Waals surface area contributed by atoms with E-state index in [1.807, 2.05) is 0 Å². The van der Waals surface area contributed by atoms with Crippen LogP contribution in [0.25, 0.3) is 0 Å². The summed E-state index contributed by atoms with van der Waals surface area (Å²) in [5.74, 6) is -0.380. The van der Waals surface area contributed by atoms with Gasteiger partial charge in [-0.1, -0.05) is 22.0 Å². The van der Waals surface area contributed by atoms with Crippen molar-refractivity contribution in [2.75, 3.05) is 6.54 Å². The minimum atomic E-state index is -0.957. The second-order valence-corrected chi connectivity index (χ2v) is 5.54. The first-order valence-electron chi connectivity index (χ1n) is 5.81. The van der Waals surface area contributed by atoms with Crippen LogP contribution < -0.4 is 5.73 Å². The lowest BCUT2D eigenvalue weighted by Gasteiger charge is -2.33. The van der Waals surface area contributed by atoms with Crippen molar-refractivity contribution in [2.24, 2.45) is 5.73 Å². The zero-order valence-electron chi connectivity index (χ0n) is 10.8. The van der Waals surface area contributed by atoms with Gasteiger partial charge in [0, 0.05) is 16.6 Å². The van der Waals surface area contributed by atoms with Gasteiger partial charge in [0.25, 0.3) is 0 Å². The first-order chi connectivity index (χ1) is 8.30. The van der Waals surface area contributed by atoms with Gasteiger partial charge in [-0.05, 0) is 32.9 Å². The molecule has 1 aromatic rings. The van der Waals surface area contributed by atoms with E-state index in [1.54, 1.807) is 32.9 Å². The fourth-order valence-corrected chi connectivity index (χ4v) is 1.98. The Labute approximate surface area is 115 Å². The molecule has 3 N–H and O–H groups in total. The number of halogens is 2. The summed E-state index contributed by atoms with van der Waals surface area (Å²) in [5, 5.41) is 9.47. The Morgan fingerprint density at radius 3 is 2.56 bits per heavy atom. The summed E-state index contributed by atoms with van der Waals surface area (Å²) in [5.41, 5.74) is 5.14. The molecule has 1 rings (SSSR count). The number of benzene rings is 1. The van der Waals surface area contributed by atoms with Gasteiger partial charge >= 0.3 is 0 Å². The Morgan fingerprint density at radius 1 is 1.50 bits per heavy atom. The van der Waals surface area contributed by atoms with Crippen molar-refractivity contribution in [3.8, 4) is 0 Å². The van der Waals surface area contributed by atoms with Gasteiger partial charge < -0.3 is 15.6 Å². The fourth-order valence-electron chi connectivity index (χ4n) is 1.65. The van der Waals surface area contributed by atoms with Gasteiger partial charge in [0.15, 0.2) is 0 Å². The average Bonchev–Trinajstić information content (AvgIpc) is 2.28. The minimum absolute atomic E-state index is 0.128. The van der Waals surface area contributed by atoms with Crippen LogP contribution in [0.5, 0.6) is 0 Å². The molecule has 18 heavy (non-hydrogen) atoms. The van der Waals surface area contributed by atoms with Crippen molar-refractivity contribution >= 4 is 15.9 Å². The predicted molar refractivity (Wildman–Crippen MR) is 72.7 cm³/mol. The molecule has 1 aromatic carbocycles. The van der Waals surface area contributed by atoms with Gasteiger partial charge in [-0.2, -0.15) is 0 Å². The molecular formula is C13H19BrFNO2. The highest BCUT2D eigenvalue weighted by Crippen LogP contribution is 2.30. The topological polar surface area (TPSA) is 55.5 Å². The van der Waals surface area contributed by atoms with Crippen molar-refractivity contribution in [2.45, 2.75) is 38.6 Å². The standard InChI is InChI=1S/C13H19BrFNO2/c1-8(17)9(2)18-13(3,7-16)11-5-4-10(14)6-12(11)15/h4-6,8-9,17H,7,16H2,1-3H3. The molecule has 0 radical (unpaired) electrons. The molecule has 0 heterocycles. The van der Waals surface area contributed by atoms with Crippen LogP contribution >= 0.6 is 15.9 Å². The van der Waals surface area contributed by atoms with E-state index in [-0.39, 0.29) is 12.4 Å². The SMILES string of the molecule is CC(O)C(C)OC(C)(CN)c1ccc(Br)cc1F. The van der Waals surface area contributed by atoms with Gasteiger partial charge in [-0.25, -0.2) is 4.39 Å². The van der Waals surface area contributed by atoms with E-state index in [4.69, 9.17) is 10.5 Å². The average molecular weight is 320 g/mol. The quantitative estimate of drug-likeness (QED) is 0.877. The molecule has 0 aliphatic carbocycles. The summed E-state index contributed by atoms with van der Waals surface area (Å²) in [6.07, 6.45) is -1.07. The zero-order chi connectivity index (χ0) is 13.9. The van der Waals surface area contributed by atoms with Gasteiger partial charge in [0.05, 0.1) is 12.2 Å². The van der Waals surface area contributed by atoms with Crippen LogP contribution in [0.15, 0.2) is 22.7 Å². The van der Waals surface area contributed by atoms with E-state index in [2.05, 4.69) is 15.9 Å². The minimum Gasteiger partial charge on any atom is -0.391 e. The lowest BCUT2D eigenvalue weighted by Crippen LogP contribution is -2.41. The van der Waals surface area contributed by atoms with Crippen LogP contribution in [0.4, 0.5) is 4.39 Å². The lowest BCUT2D eigenvalue weighted by atomic mass is 9.94. The van der Waals surface area contributed by atoms with E-state index in [1.165, 1.54) is 6.07 Å². The fraction of sp³-hybridized carbons (Fsp3) is 0.538. The van der Waals surface area contributed by atoms with Crippen LogP contribution in [0.2, 0.25) is 0 Å². The maximum atomic E-state index is 14.0. The largest absolute Gasteiger partial charge is 0.391 e. The predicted octanol–water partition coefficient (Wildman–Crippen LogP) is 2.55. The van der Waals surface area contributed by atoms with E-state index in [0.717, 1.165) is 0 Å². The molecule has 0 saturated heterocycles. The smallest absolute Gasteiger partial charge is 0.130 e. The molecule has 0 fully saturated rings. The highest BCUT2D eigenvalue weighted by atomic mass is 79.9. The Kier molecular flexibility index (Phi) is 5.28. The molecular weight excluding hydrogens is 301 g/mol.